The van der Waals surface area contributed by atoms with Gasteiger partial charge in [0, 0.05) is 11.9 Å². The second-order valence-electron chi connectivity index (χ2n) is 4.84. The third-order valence-corrected chi connectivity index (χ3v) is 5.98. The average molecular weight is 322 g/mol. The highest BCUT2D eigenvalue weighted by molar-refractivity contribution is 7.89. The van der Waals surface area contributed by atoms with Crippen molar-refractivity contribution >= 4 is 33.2 Å². The monoisotopic (exact) mass is 321 g/mol. The number of benzene rings is 1. The molecule has 1 fully saturated rings. The summed E-state index contributed by atoms with van der Waals surface area (Å²) in [5, 5.41) is 0.295. The van der Waals surface area contributed by atoms with Gasteiger partial charge in [0.1, 0.15) is 4.90 Å². The standard InChI is InChI=1S/C13H17Cl2NO2S/c14-11-6-2-1-5-10(11)9-16-19(17,18)13-8-4-3-7-12(13)15/h3-4,7-8,10-11,16H,1-2,5-6,9H2. The van der Waals surface area contributed by atoms with Gasteiger partial charge in [-0.3, -0.25) is 0 Å². The van der Waals surface area contributed by atoms with Crippen LogP contribution in [0.3, 0.4) is 0 Å². The van der Waals surface area contributed by atoms with E-state index in [1.165, 1.54) is 6.07 Å². The van der Waals surface area contributed by atoms with Crippen molar-refractivity contribution in [3.05, 3.63) is 29.3 Å². The zero-order chi connectivity index (χ0) is 13.9. The Morgan fingerprint density at radius 2 is 1.89 bits per heavy atom. The third kappa shape index (κ3) is 3.85. The predicted molar refractivity (Wildman–Crippen MR) is 78.2 cm³/mol. The van der Waals surface area contributed by atoms with Crippen LogP contribution in [0.1, 0.15) is 25.7 Å². The lowest BCUT2D eigenvalue weighted by Crippen LogP contribution is -2.34. The maximum atomic E-state index is 12.2. The van der Waals surface area contributed by atoms with Crippen LogP contribution in [0.5, 0.6) is 0 Å². The van der Waals surface area contributed by atoms with Gasteiger partial charge in [0.05, 0.1) is 5.02 Å². The fraction of sp³-hybridized carbons (Fsp3) is 0.538. The summed E-state index contributed by atoms with van der Waals surface area (Å²) in [5.74, 6) is 0.202. The largest absolute Gasteiger partial charge is 0.242 e. The molecule has 6 heteroatoms. The molecule has 2 unspecified atom stereocenters. The molecule has 2 atom stereocenters. The molecular weight excluding hydrogens is 305 g/mol. The van der Waals surface area contributed by atoms with Crippen molar-refractivity contribution in [1.82, 2.24) is 4.72 Å². The number of hydrogen-bond acceptors (Lipinski definition) is 2. The fourth-order valence-electron chi connectivity index (χ4n) is 2.35. The lowest BCUT2D eigenvalue weighted by molar-refractivity contribution is 0.364. The SMILES string of the molecule is O=S(=O)(NCC1CCCCC1Cl)c1ccccc1Cl. The smallest absolute Gasteiger partial charge is 0.211 e. The molecule has 0 aromatic heterocycles. The van der Waals surface area contributed by atoms with E-state index in [-0.39, 0.29) is 21.2 Å². The molecule has 0 amide bonds. The number of rotatable bonds is 4. The highest BCUT2D eigenvalue weighted by atomic mass is 35.5. The first-order valence-electron chi connectivity index (χ1n) is 6.39. The van der Waals surface area contributed by atoms with E-state index in [2.05, 4.69) is 4.72 Å². The maximum Gasteiger partial charge on any atom is 0.242 e. The molecule has 1 N–H and O–H groups in total. The van der Waals surface area contributed by atoms with Gasteiger partial charge < -0.3 is 0 Å². The van der Waals surface area contributed by atoms with Crippen LogP contribution in [0.4, 0.5) is 0 Å². The Morgan fingerprint density at radius 1 is 1.21 bits per heavy atom. The summed E-state index contributed by atoms with van der Waals surface area (Å²) >= 11 is 12.1. The lowest BCUT2D eigenvalue weighted by Gasteiger charge is -2.27. The van der Waals surface area contributed by atoms with Crippen LogP contribution in [0, 0.1) is 5.92 Å². The summed E-state index contributed by atoms with van der Waals surface area (Å²) in [6, 6.07) is 6.44. The highest BCUT2D eigenvalue weighted by Gasteiger charge is 2.25. The van der Waals surface area contributed by atoms with Crippen molar-refractivity contribution < 1.29 is 8.42 Å². The van der Waals surface area contributed by atoms with Gasteiger partial charge in [0.2, 0.25) is 10.0 Å². The van der Waals surface area contributed by atoms with E-state index in [4.69, 9.17) is 23.2 Å². The Kier molecular flexibility index (Phi) is 5.12. The molecule has 19 heavy (non-hydrogen) atoms. The molecule has 0 spiro atoms. The summed E-state index contributed by atoms with van der Waals surface area (Å²) in [6.07, 6.45) is 4.17. The zero-order valence-electron chi connectivity index (χ0n) is 10.5. The van der Waals surface area contributed by atoms with Gasteiger partial charge in [0.15, 0.2) is 0 Å². The van der Waals surface area contributed by atoms with Crippen molar-refractivity contribution in [3.8, 4) is 0 Å². The van der Waals surface area contributed by atoms with Gasteiger partial charge in [-0.15, -0.1) is 11.6 Å². The van der Waals surface area contributed by atoms with E-state index >= 15 is 0 Å². The van der Waals surface area contributed by atoms with Gasteiger partial charge in [0.25, 0.3) is 0 Å². The second-order valence-corrected chi connectivity index (χ2v) is 7.55. The molecule has 3 nitrogen and oxygen atoms in total. The molecule has 0 saturated heterocycles. The molecule has 0 aliphatic heterocycles. The zero-order valence-corrected chi connectivity index (χ0v) is 12.8. The average Bonchev–Trinajstić information content (AvgIpc) is 2.38. The number of nitrogens with one attached hydrogen (secondary N) is 1. The fourth-order valence-corrected chi connectivity index (χ4v) is 4.33. The van der Waals surface area contributed by atoms with E-state index < -0.39 is 10.0 Å². The molecule has 106 valence electrons. The Bertz CT molecular complexity index is 533. The lowest BCUT2D eigenvalue weighted by atomic mass is 9.89. The van der Waals surface area contributed by atoms with E-state index in [0.29, 0.717) is 6.54 Å². The van der Waals surface area contributed by atoms with Crippen LogP contribution in [0.2, 0.25) is 5.02 Å². The summed E-state index contributed by atoms with van der Waals surface area (Å²) < 4.78 is 26.9. The molecular formula is C13H17Cl2NO2S. The van der Waals surface area contributed by atoms with Crippen molar-refractivity contribution in [2.24, 2.45) is 5.92 Å². The van der Waals surface area contributed by atoms with Crippen LogP contribution >= 0.6 is 23.2 Å². The van der Waals surface area contributed by atoms with Crippen LogP contribution in [0.15, 0.2) is 29.2 Å². The van der Waals surface area contributed by atoms with Gasteiger partial charge in [-0.05, 0) is 30.9 Å². The number of alkyl halides is 1. The molecule has 2 rings (SSSR count). The van der Waals surface area contributed by atoms with Crippen LogP contribution in [-0.4, -0.2) is 20.3 Å². The molecule has 0 bridgehead atoms. The molecule has 1 aliphatic carbocycles. The second kappa shape index (κ2) is 6.44. The van der Waals surface area contributed by atoms with Gasteiger partial charge >= 0.3 is 0 Å². The molecule has 1 aliphatic rings. The normalized spacial score (nSPS) is 24.3. The van der Waals surface area contributed by atoms with Gasteiger partial charge in [-0.1, -0.05) is 36.6 Å². The molecule has 1 aromatic rings. The van der Waals surface area contributed by atoms with Crippen molar-refractivity contribution in [2.75, 3.05) is 6.54 Å². The van der Waals surface area contributed by atoms with Crippen LogP contribution in [0.25, 0.3) is 0 Å². The molecule has 0 heterocycles. The Morgan fingerprint density at radius 3 is 2.58 bits per heavy atom. The number of sulfonamides is 1. The van der Waals surface area contributed by atoms with E-state index in [0.717, 1.165) is 25.7 Å². The Labute approximate surface area is 124 Å². The minimum absolute atomic E-state index is 0.0581. The van der Waals surface area contributed by atoms with Gasteiger partial charge in [-0.25, -0.2) is 13.1 Å². The molecule has 1 aromatic carbocycles. The summed E-state index contributed by atoms with van der Waals surface area (Å²) in [7, 11) is -3.55. The first kappa shape index (κ1) is 15.1. The first-order chi connectivity index (χ1) is 9.00. The minimum atomic E-state index is -3.55. The Hall–Kier alpha value is -0.290. The van der Waals surface area contributed by atoms with Crippen LogP contribution in [-0.2, 0) is 10.0 Å². The summed E-state index contributed by atoms with van der Waals surface area (Å²) in [5.41, 5.74) is 0. The van der Waals surface area contributed by atoms with E-state index in [1.54, 1.807) is 18.2 Å². The Balaban J connectivity index is 2.04. The van der Waals surface area contributed by atoms with Crippen molar-refractivity contribution in [1.29, 1.82) is 0 Å². The maximum absolute atomic E-state index is 12.2. The number of hydrogen-bond donors (Lipinski definition) is 1. The molecule has 1 saturated carbocycles. The first-order valence-corrected chi connectivity index (χ1v) is 8.69. The summed E-state index contributed by atoms with van der Waals surface area (Å²) in [4.78, 5) is 0.124. The topological polar surface area (TPSA) is 46.2 Å². The quantitative estimate of drug-likeness (QED) is 0.864. The summed E-state index contributed by atoms with van der Waals surface area (Å²) in [6.45, 7) is 0.377. The van der Waals surface area contributed by atoms with Gasteiger partial charge in [-0.2, -0.15) is 0 Å². The number of halogens is 2. The van der Waals surface area contributed by atoms with Crippen molar-refractivity contribution in [2.45, 2.75) is 36.0 Å². The minimum Gasteiger partial charge on any atom is -0.211 e. The third-order valence-electron chi connectivity index (χ3n) is 3.48. The molecule has 0 radical (unpaired) electrons. The highest BCUT2D eigenvalue weighted by Crippen LogP contribution is 2.28. The van der Waals surface area contributed by atoms with E-state index in [9.17, 15) is 8.42 Å². The van der Waals surface area contributed by atoms with Crippen molar-refractivity contribution in [3.63, 3.8) is 0 Å². The van der Waals surface area contributed by atoms with E-state index in [1.807, 2.05) is 0 Å². The van der Waals surface area contributed by atoms with Crippen LogP contribution < -0.4 is 4.72 Å². The predicted octanol–water partition coefficient (Wildman–Crippen LogP) is 3.42.